The van der Waals surface area contributed by atoms with Gasteiger partial charge in [0, 0.05) is 23.6 Å². The first kappa shape index (κ1) is 15.6. The summed E-state index contributed by atoms with van der Waals surface area (Å²) in [5, 5.41) is 11.6. The first-order chi connectivity index (χ1) is 9.78. The van der Waals surface area contributed by atoms with Crippen molar-refractivity contribution >= 4 is 29.4 Å². The minimum atomic E-state index is -1.28. The van der Waals surface area contributed by atoms with Gasteiger partial charge in [0.15, 0.2) is 0 Å². The molecule has 2 amide bonds. The molecule has 1 aromatic carbocycles. The first-order valence-electron chi connectivity index (χ1n) is 6.51. The van der Waals surface area contributed by atoms with Gasteiger partial charge in [-0.2, -0.15) is 11.8 Å². The Labute approximate surface area is 126 Å². The minimum Gasteiger partial charge on any atom is -0.478 e. The highest BCUT2D eigenvalue weighted by molar-refractivity contribution is 8.00. The first-order valence-corrected chi connectivity index (χ1v) is 7.50. The van der Waals surface area contributed by atoms with E-state index in [1.807, 2.05) is 0 Å². The number of carboxylic acid groups (broad SMARTS) is 1. The van der Waals surface area contributed by atoms with E-state index in [4.69, 9.17) is 5.11 Å². The fraction of sp³-hybridized carbons (Fsp3) is 0.429. The molecule has 7 heteroatoms. The number of anilines is 1. The molecule has 1 heterocycles. The molecule has 1 fully saturated rings. The maximum Gasteiger partial charge on any atom is 0.337 e. The monoisotopic (exact) mass is 312 g/mol. The number of urea groups is 1. The fourth-order valence-corrected chi connectivity index (χ4v) is 3.30. The summed E-state index contributed by atoms with van der Waals surface area (Å²) in [7, 11) is 0. The number of hydrogen-bond donors (Lipinski definition) is 2. The topological polar surface area (TPSA) is 69.6 Å². The van der Waals surface area contributed by atoms with Crippen molar-refractivity contribution in [2.75, 3.05) is 24.2 Å². The molecule has 0 radical (unpaired) electrons. The van der Waals surface area contributed by atoms with Crippen molar-refractivity contribution in [3.05, 3.63) is 29.6 Å². The van der Waals surface area contributed by atoms with Gasteiger partial charge >= 0.3 is 12.0 Å². The van der Waals surface area contributed by atoms with E-state index in [0.717, 1.165) is 17.9 Å². The van der Waals surface area contributed by atoms with Crippen molar-refractivity contribution < 1.29 is 19.1 Å². The molecule has 114 valence electrons. The Balaban J connectivity index is 2.14. The molecule has 2 N–H and O–H groups in total. The zero-order valence-corrected chi connectivity index (χ0v) is 12.7. The number of carbonyl (C=O) groups is 2. The summed E-state index contributed by atoms with van der Waals surface area (Å²) in [6.45, 7) is 5.28. The van der Waals surface area contributed by atoms with E-state index >= 15 is 0 Å². The lowest BCUT2D eigenvalue weighted by Crippen LogP contribution is -2.47. The number of carbonyl (C=O) groups excluding carboxylic acids is 1. The van der Waals surface area contributed by atoms with Crippen LogP contribution in [0.4, 0.5) is 14.9 Å². The Kier molecular flexibility index (Phi) is 4.41. The van der Waals surface area contributed by atoms with Gasteiger partial charge in [-0.25, -0.2) is 14.0 Å². The van der Waals surface area contributed by atoms with Gasteiger partial charge < -0.3 is 15.3 Å². The number of rotatable bonds is 2. The van der Waals surface area contributed by atoms with Crippen LogP contribution >= 0.6 is 11.8 Å². The van der Waals surface area contributed by atoms with E-state index in [9.17, 15) is 14.0 Å². The molecule has 1 aliphatic rings. The summed E-state index contributed by atoms with van der Waals surface area (Å²) in [5.74, 6) is -1.10. The lowest BCUT2D eigenvalue weighted by Gasteiger charge is -2.37. The van der Waals surface area contributed by atoms with Gasteiger partial charge in [0.05, 0.1) is 11.3 Å². The van der Waals surface area contributed by atoms with Crippen LogP contribution in [0.1, 0.15) is 24.2 Å². The van der Waals surface area contributed by atoms with Crippen LogP contribution in [0.25, 0.3) is 0 Å². The molecular formula is C14H17FN2O3S. The fourth-order valence-electron chi connectivity index (χ4n) is 2.19. The second-order valence-electron chi connectivity index (χ2n) is 5.45. The normalized spacial score (nSPS) is 17.4. The second-order valence-corrected chi connectivity index (χ2v) is 7.26. The molecule has 0 unspecified atom stereocenters. The Morgan fingerprint density at radius 2 is 2.14 bits per heavy atom. The van der Waals surface area contributed by atoms with Gasteiger partial charge in [0.2, 0.25) is 0 Å². The largest absolute Gasteiger partial charge is 0.478 e. The summed E-state index contributed by atoms with van der Waals surface area (Å²) in [5.41, 5.74) is -0.154. The lowest BCUT2D eigenvalue weighted by atomic mass is 10.1. The highest BCUT2D eigenvalue weighted by Crippen LogP contribution is 2.30. The highest BCUT2D eigenvalue weighted by atomic mass is 32.2. The average Bonchev–Trinajstić information content (AvgIpc) is 2.39. The number of halogens is 1. The van der Waals surface area contributed by atoms with E-state index in [1.165, 1.54) is 6.07 Å². The molecule has 1 saturated heterocycles. The SMILES string of the molecule is CC1(C)CN(C(=O)Nc2ccc(F)cc2C(=O)O)CCS1. The average molecular weight is 312 g/mol. The quantitative estimate of drug-likeness (QED) is 0.881. The number of nitrogens with zero attached hydrogens (tertiary/aromatic N) is 1. The molecule has 1 aromatic rings. The van der Waals surface area contributed by atoms with E-state index in [-0.39, 0.29) is 22.0 Å². The van der Waals surface area contributed by atoms with Crippen molar-refractivity contribution in [3.8, 4) is 0 Å². The van der Waals surface area contributed by atoms with Gasteiger partial charge in [-0.1, -0.05) is 0 Å². The minimum absolute atomic E-state index is 0.0337. The van der Waals surface area contributed by atoms with Crippen LogP contribution in [-0.4, -0.2) is 45.6 Å². The predicted octanol–water partition coefficient (Wildman–Crippen LogP) is 2.88. The Hall–Kier alpha value is -1.76. The molecule has 0 atom stereocenters. The van der Waals surface area contributed by atoms with Gasteiger partial charge in [0.25, 0.3) is 0 Å². The van der Waals surface area contributed by atoms with Crippen molar-refractivity contribution in [1.29, 1.82) is 0 Å². The number of carboxylic acids is 1. The van der Waals surface area contributed by atoms with Crippen molar-refractivity contribution in [3.63, 3.8) is 0 Å². The summed E-state index contributed by atoms with van der Waals surface area (Å²) in [6.07, 6.45) is 0. The number of nitrogens with one attached hydrogen (secondary N) is 1. The third kappa shape index (κ3) is 3.87. The maximum absolute atomic E-state index is 13.1. The molecule has 0 aliphatic carbocycles. The molecule has 0 aromatic heterocycles. The van der Waals surface area contributed by atoms with E-state index in [0.29, 0.717) is 13.1 Å². The Morgan fingerprint density at radius 3 is 2.76 bits per heavy atom. The van der Waals surface area contributed by atoms with Gasteiger partial charge in [-0.3, -0.25) is 0 Å². The predicted molar refractivity (Wildman–Crippen MR) is 80.5 cm³/mol. The van der Waals surface area contributed by atoms with Gasteiger partial charge in [-0.15, -0.1) is 0 Å². The highest BCUT2D eigenvalue weighted by Gasteiger charge is 2.30. The van der Waals surface area contributed by atoms with E-state index in [2.05, 4.69) is 19.2 Å². The molecule has 5 nitrogen and oxygen atoms in total. The van der Waals surface area contributed by atoms with Gasteiger partial charge in [-0.05, 0) is 32.0 Å². The molecule has 2 rings (SSSR count). The number of hydrogen-bond acceptors (Lipinski definition) is 3. The van der Waals surface area contributed by atoms with Crippen LogP contribution < -0.4 is 5.32 Å². The number of thioether (sulfide) groups is 1. The van der Waals surface area contributed by atoms with Crippen LogP contribution in [-0.2, 0) is 0 Å². The Bertz CT molecular complexity index is 577. The molecule has 1 aliphatic heterocycles. The van der Waals surface area contributed by atoms with Crippen molar-refractivity contribution in [1.82, 2.24) is 4.90 Å². The maximum atomic E-state index is 13.1. The van der Waals surface area contributed by atoms with Crippen molar-refractivity contribution in [2.24, 2.45) is 0 Å². The Morgan fingerprint density at radius 1 is 1.43 bits per heavy atom. The van der Waals surface area contributed by atoms with Crippen molar-refractivity contribution in [2.45, 2.75) is 18.6 Å². The molecule has 0 bridgehead atoms. The number of benzene rings is 1. The number of aromatic carboxylic acids is 1. The van der Waals surface area contributed by atoms with Gasteiger partial charge in [0.1, 0.15) is 5.82 Å². The smallest absolute Gasteiger partial charge is 0.337 e. The summed E-state index contributed by atoms with van der Waals surface area (Å²) >= 11 is 1.79. The standard InChI is InChI=1S/C14H17FN2O3S/c1-14(2)8-17(5-6-21-14)13(20)16-11-4-3-9(15)7-10(11)12(18)19/h3-4,7H,5-6,8H2,1-2H3,(H,16,20)(H,18,19). The van der Waals surface area contributed by atoms with Crippen LogP contribution in [0.3, 0.4) is 0 Å². The molecule has 21 heavy (non-hydrogen) atoms. The third-order valence-corrected chi connectivity index (χ3v) is 4.46. The van der Waals surface area contributed by atoms with E-state index < -0.39 is 11.8 Å². The zero-order chi connectivity index (χ0) is 15.6. The second kappa shape index (κ2) is 5.93. The lowest BCUT2D eigenvalue weighted by molar-refractivity contribution is 0.0697. The molecule has 0 spiro atoms. The van der Waals surface area contributed by atoms with Crippen LogP contribution in [0.15, 0.2) is 18.2 Å². The zero-order valence-electron chi connectivity index (χ0n) is 11.9. The van der Waals surface area contributed by atoms with E-state index in [1.54, 1.807) is 16.7 Å². The molecular weight excluding hydrogens is 295 g/mol. The summed E-state index contributed by atoms with van der Waals surface area (Å²) < 4.78 is 13.1. The summed E-state index contributed by atoms with van der Waals surface area (Å²) in [6, 6.07) is 2.92. The number of amides is 2. The van der Waals surface area contributed by atoms with Crippen LogP contribution in [0.2, 0.25) is 0 Å². The summed E-state index contributed by atoms with van der Waals surface area (Å²) in [4.78, 5) is 25.0. The van der Waals surface area contributed by atoms with Crippen LogP contribution in [0.5, 0.6) is 0 Å². The van der Waals surface area contributed by atoms with Crippen LogP contribution in [0, 0.1) is 5.82 Å². The molecule has 0 saturated carbocycles. The third-order valence-electron chi connectivity index (χ3n) is 3.17.